The van der Waals surface area contributed by atoms with Crippen molar-refractivity contribution in [2.24, 2.45) is 0 Å². The van der Waals surface area contributed by atoms with Crippen LogP contribution in [0, 0.1) is 0 Å². The summed E-state index contributed by atoms with van der Waals surface area (Å²) in [5, 5.41) is 1.42. The van der Waals surface area contributed by atoms with Crippen LogP contribution in [0.4, 0.5) is 0 Å². The SMILES string of the molecule is COc1nc(Oc2ccc(Cl)c3cccnc23)ncc1Br. The topological polar surface area (TPSA) is 57.1 Å². The maximum absolute atomic E-state index is 6.15. The third-order valence-corrected chi connectivity index (χ3v) is 3.64. The normalized spacial score (nSPS) is 10.6. The molecule has 0 N–H and O–H groups in total. The number of hydrogen-bond acceptors (Lipinski definition) is 5. The first kappa shape index (κ1) is 14.0. The van der Waals surface area contributed by atoms with Crippen LogP contribution in [0.1, 0.15) is 0 Å². The maximum Gasteiger partial charge on any atom is 0.325 e. The predicted molar refractivity (Wildman–Crippen MR) is 83.1 cm³/mol. The Morgan fingerprint density at radius 1 is 1.19 bits per heavy atom. The van der Waals surface area contributed by atoms with Crippen molar-refractivity contribution in [1.82, 2.24) is 15.0 Å². The van der Waals surface area contributed by atoms with Crippen LogP contribution in [0.5, 0.6) is 17.6 Å². The van der Waals surface area contributed by atoms with Gasteiger partial charge in [0.05, 0.1) is 22.8 Å². The summed E-state index contributed by atoms with van der Waals surface area (Å²) >= 11 is 9.44. The standard InChI is InChI=1S/C14H9BrClN3O2/c1-20-13-9(15)7-18-14(19-13)21-11-5-4-10(16)8-3-2-6-17-12(8)11/h2-7H,1H3. The smallest absolute Gasteiger partial charge is 0.325 e. The van der Waals surface area contributed by atoms with Crippen LogP contribution in [0.3, 0.4) is 0 Å². The molecule has 7 heteroatoms. The van der Waals surface area contributed by atoms with Gasteiger partial charge in [-0.15, -0.1) is 0 Å². The summed E-state index contributed by atoms with van der Waals surface area (Å²) in [5.41, 5.74) is 0.649. The summed E-state index contributed by atoms with van der Waals surface area (Å²) < 4.78 is 11.5. The van der Waals surface area contributed by atoms with Crippen molar-refractivity contribution in [3.05, 3.63) is 46.2 Å². The average Bonchev–Trinajstić information content (AvgIpc) is 2.52. The molecule has 3 rings (SSSR count). The number of aromatic nitrogens is 3. The third-order valence-electron chi connectivity index (χ3n) is 2.76. The molecular formula is C14H9BrClN3O2. The lowest BCUT2D eigenvalue weighted by Crippen LogP contribution is -1.96. The Morgan fingerprint density at radius 2 is 2.05 bits per heavy atom. The van der Waals surface area contributed by atoms with Gasteiger partial charge in [-0.2, -0.15) is 4.98 Å². The molecule has 5 nitrogen and oxygen atoms in total. The lowest BCUT2D eigenvalue weighted by Gasteiger charge is -2.09. The number of ether oxygens (including phenoxy) is 2. The van der Waals surface area contributed by atoms with E-state index in [-0.39, 0.29) is 6.01 Å². The molecule has 0 saturated carbocycles. The molecule has 0 atom stereocenters. The van der Waals surface area contributed by atoms with Gasteiger partial charge in [0, 0.05) is 11.6 Å². The van der Waals surface area contributed by atoms with Crippen molar-refractivity contribution in [1.29, 1.82) is 0 Å². The average molecular weight is 367 g/mol. The number of rotatable bonds is 3. The summed E-state index contributed by atoms with van der Waals surface area (Å²) in [5.74, 6) is 0.922. The van der Waals surface area contributed by atoms with Crippen LogP contribution in [0.2, 0.25) is 5.02 Å². The molecule has 106 valence electrons. The Kier molecular flexibility index (Phi) is 3.90. The second kappa shape index (κ2) is 5.83. The van der Waals surface area contributed by atoms with Crippen LogP contribution in [0.15, 0.2) is 41.1 Å². The second-order valence-electron chi connectivity index (χ2n) is 4.06. The molecule has 0 unspecified atom stereocenters. The Labute approximate surface area is 134 Å². The number of nitrogens with zero attached hydrogens (tertiary/aromatic N) is 3. The molecule has 21 heavy (non-hydrogen) atoms. The zero-order chi connectivity index (χ0) is 14.8. The van der Waals surface area contributed by atoms with Crippen LogP contribution < -0.4 is 9.47 Å². The highest BCUT2D eigenvalue weighted by Gasteiger charge is 2.11. The second-order valence-corrected chi connectivity index (χ2v) is 5.32. The molecule has 2 aromatic heterocycles. The number of fused-ring (bicyclic) bond motifs is 1. The first-order valence-corrected chi connectivity index (χ1v) is 7.14. The fourth-order valence-electron chi connectivity index (χ4n) is 1.82. The minimum absolute atomic E-state index is 0.171. The van der Waals surface area contributed by atoms with E-state index in [1.165, 1.54) is 7.11 Å². The Hall–Kier alpha value is -1.92. The first-order chi connectivity index (χ1) is 10.2. The van der Waals surface area contributed by atoms with Crippen molar-refractivity contribution in [2.75, 3.05) is 7.11 Å². The Bertz CT molecular complexity index is 813. The molecule has 0 aliphatic carbocycles. The molecule has 0 aliphatic heterocycles. The fraction of sp³-hybridized carbons (Fsp3) is 0.0714. The van der Waals surface area contributed by atoms with Gasteiger partial charge in [-0.3, -0.25) is 4.98 Å². The molecule has 0 amide bonds. The van der Waals surface area contributed by atoms with Crippen molar-refractivity contribution >= 4 is 38.4 Å². The van der Waals surface area contributed by atoms with Crippen LogP contribution in [-0.4, -0.2) is 22.1 Å². The largest absolute Gasteiger partial charge is 0.480 e. The van der Waals surface area contributed by atoms with Crippen molar-refractivity contribution < 1.29 is 9.47 Å². The van der Waals surface area contributed by atoms with Gasteiger partial charge in [-0.1, -0.05) is 11.6 Å². The zero-order valence-corrected chi connectivity index (χ0v) is 13.2. The van der Waals surface area contributed by atoms with Gasteiger partial charge < -0.3 is 9.47 Å². The van der Waals surface area contributed by atoms with E-state index in [9.17, 15) is 0 Å². The van der Waals surface area contributed by atoms with Crippen molar-refractivity contribution in [3.8, 4) is 17.6 Å². The van der Waals surface area contributed by atoms with E-state index in [4.69, 9.17) is 21.1 Å². The molecule has 0 saturated heterocycles. The molecule has 0 aliphatic rings. The fourth-order valence-corrected chi connectivity index (χ4v) is 2.39. The van der Waals surface area contributed by atoms with E-state index in [1.807, 2.05) is 12.1 Å². The monoisotopic (exact) mass is 365 g/mol. The Balaban J connectivity index is 2.04. The summed E-state index contributed by atoms with van der Waals surface area (Å²) in [6, 6.07) is 7.34. The van der Waals surface area contributed by atoms with Gasteiger partial charge >= 0.3 is 6.01 Å². The number of methoxy groups -OCH3 is 1. The number of halogens is 2. The molecule has 3 aromatic rings. The number of hydrogen-bond donors (Lipinski definition) is 0. The van der Waals surface area contributed by atoms with E-state index in [1.54, 1.807) is 24.5 Å². The number of pyridine rings is 1. The van der Waals surface area contributed by atoms with Crippen molar-refractivity contribution in [3.63, 3.8) is 0 Å². The van der Waals surface area contributed by atoms with Crippen LogP contribution in [-0.2, 0) is 0 Å². The Morgan fingerprint density at radius 3 is 2.86 bits per heavy atom. The highest BCUT2D eigenvalue weighted by molar-refractivity contribution is 9.10. The molecule has 1 aromatic carbocycles. The van der Waals surface area contributed by atoms with E-state index in [0.29, 0.717) is 26.6 Å². The van der Waals surface area contributed by atoms with Gasteiger partial charge in [-0.05, 0) is 40.2 Å². The molecule has 0 radical (unpaired) electrons. The predicted octanol–water partition coefficient (Wildman–Crippen LogP) is 4.24. The quantitative estimate of drug-likeness (QED) is 0.694. The first-order valence-electron chi connectivity index (χ1n) is 5.96. The summed E-state index contributed by atoms with van der Waals surface area (Å²) in [6.45, 7) is 0. The van der Waals surface area contributed by atoms with E-state index in [2.05, 4.69) is 30.9 Å². The van der Waals surface area contributed by atoms with Crippen molar-refractivity contribution in [2.45, 2.75) is 0 Å². The van der Waals surface area contributed by atoms with Gasteiger partial charge in [0.15, 0.2) is 5.75 Å². The molecule has 0 fully saturated rings. The van der Waals surface area contributed by atoms with Crippen LogP contribution in [0.25, 0.3) is 10.9 Å². The lowest BCUT2D eigenvalue weighted by molar-refractivity contribution is 0.374. The van der Waals surface area contributed by atoms with E-state index in [0.717, 1.165) is 5.39 Å². The van der Waals surface area contributed by atoms with E-state index >= 15 is 0 Å². The van der Waals surface area contributed by atoms with E-state index < -0.39 is 0 Å². The highest BCUT2D eigenvalue weighted by atomic mass is 79.9. The third kappa shape index (κ3) is 2.77. The zero-order valence-electron chi connectivity index (χ0n) is 10.9. The molecular weight excluding hydrogens is 358 g/mol. The summed E-state index contributed by atoms with van der Waals surface area (Å²) in [6.07, 6.45) is 3.24. The summed E-state index contributed by atoms with van der Waals surface area (Å²) in [4.78, 5) is 12.5. The van der Waals surface area contributed by atoms with Gasteiger partial charge in [-0.25, -0.2) is 4.98 Å². The van der Waals surface area contributed by atoms with Gasteiger partial charge in [0.1, 0.15) is 5.52 Å². The highest BCUT2D eigenvalue weighted by Crippen LogP contribution is 2.32. The van der Waals surface area contributed by atoms with Gasteiger partial charge in [0.25, 0.3) is 0 Å². The minimum Gasteiger partial charge on any atom is -0.480 e. The molecule has 0 spiro atoms. The lowest BCUT2D eigenvalue weighted by atomic mass is 10.2. The molecule has 0 bridgehead atoms. The number of benzene rings is 1. The summed E-state index contributed by atoms with van der Waals surface area (Å²) in [7, 11) is 1.52. The minimum atomic E-state index is 0.171. The van der Waals surface area contributed by atoms with Crippen LogP contribution >= 0.6 is 27.5 Å². The van der Waals surface area contributed by atoms with Gasteiger partial charge in [0.2, 0.25) is 5.88 Å². The maximum atomic E-state index is 6.15. The molecule has 2 heterocycles.